The predicted molar refractivity (Wildman–Crippen MR) is 91.1 cm³/mol. The Hall–Kier alpha value is -1.95. The van der Waals surface area contributed by atoms with E-state index in [1.165, 1.54) is 6.07 Å². The fourth-order valence-corrected chi connectivity index (χ4v) is 2.93. The Balaban J connectivity index is 1.75. The van der Waals surface area contributed by atoms with Crippen molar-refractivity contribution in [1.82, 2.24) is 15.1 Å². The number of halogens is 1. The van der Waals surface area contributed by atoms with Crippen LogP contribution < -0.4 is 5.32 Å². The van der Waals surface area contributed by atoms with Gasteiger partial charge in [-0.25, -0.2) is 4.39 Å². The molecule has 0 aromatic heterocycles. The number of carbonyl (C=O) groups is 2. The van der Waals surface area contributed by atoms with E-state index in [0.29, 0.717) is 18.7 Å². The summed E-state index contributed by atoms with van der Waals surface area (Å²) in [5.41, 5.74) is 0.523. The van der Waals surface area contributed by atoms with Crippen LogP contribution in [0.15, 0.2) is 24.3 Å². The van der Waals surface area contributed by atoms with E-state index in [2.05, 4.69) is 17.1 Å². The fraction of sp³-hybridized carbons (Fsp3) is 0.556. The number of hydrogen-bond acceptors (Lipinski definition) is 3. The van der Waals surface area contributed by atoms with Gasteiger partial charge in [-0.3, -0.25) is 9.59 Å². The summed E-state index contributed by atoms with van der Waals surface area (Å²) in [5.74, 6) is -0.819. The number of carbonyl (C=O) groups excluding carboxylic acids is 2. The number of piperazine rings is 1. The van der Waals surface area contributed by atoms with Crippen molar-refractivity contribution in [3.05, 3.63) is 35.6 Å². The van der Waals surface area contributed by atoms with E-state index in [-0.39, 0.29) is 36.5 Å². The van der Waals surface area contributed by atoms with E-state index in [0.717, 1.165) is 19.6 Å². The highest BCUT2D eigenvalue weighted by Gasteiger charge is 2.21. The van der Waals surface area contributed by atoms with Crippen LogP contribution in [0.5, 0.6) is 0 Å². The first-order valence-electron chi connectivity index (χ1n) is 8.52. The second kappa shape index (κ2) is 8.78. The van der Waals surface area contributed by atoms with Gasteiger partial charge in [0.25, 0.3) is 0 Å². The highest BCUT2D eigenvalue weighted by atomic mass is 19.1. The first kappa shape index (κ1) is 18.4. The molecule has 1 fully saturated rings. The van der Waals surface area contributed by atoms with Crippen LogP contribution in [0.3, 0.4) is 0 Å². The number of hydrogen-bond donors (Lipinski definition) is 1. The summed E-state index contributed by atoms with van der Waals surface area (Å²) < 4.78 is 13.7. The van der Waals surface area contributed by atoms with E-state index in [4.69, 9.17) is 0 Å². The van der Waals surface area contributed by atoms with Gasteiger partial charge in [0.05, 0.1) is 6.54 Å². The standard InChI is InChI=1S/C18H26FN3O2/c1-3-21-8-10-22(11-9-21)18(24)13-20-17(23)12-14(2)15-6-4-5-7-16(15)19/h4-7,14H,3,8-13H2,1-2H3,(H,20,23)/t14-/m1/s1. The highest BCUT2D eigenvalue weighted by molar-refractivity contribution is 5.85. The summed E-state index contributed by atoms with van der Waals surface area (Å²) >= 11 is 0. The molecule has 0 aliphatic carbocycles. The van der Waals surface area contributed by atoms with Gasteiger partial charge in [0.2, 0.25) is 11.8 Å². The minimum atomic E-state index is -0.303. The number of amides is 2. The molecule has 1 aliphatic heterocycles. The average Bonchev–Trinajstić information content (AvgIpc) is 2.60. The molecule has 0 saturated carbocycles. The van der Waals surface area contributed by atoms with E-state index in [1.807, 2.05) is 6.92 Å². The Morgan fingerprint density at radius 1 is 1.21 bits per heavy atom. The molecule has 24 heavy (non-hydrogen) atoms. The smallest absolute Gasteiger partial charge is 0.242 e. The molecule has 1 aromatic carbocycles. The second-order valence-corrected chi connectivity index (χ2v) is 6.22. The molecule has 0 unspecified atom stereocenters. The van der Waals surface area contributed by atoms with Crippen LogP contribution in [0.1, 0.15) is 31.7 Å². The van der Waals surface area contributed by atoms with Gasteiger partial charge in [0.15, 0.2) is 0 Å². The van der Waals surface area contributed by atoms with Gasteiger partial charge >= 0.3 is 0 Å². The van der Waals surface area contributed by atoms with Gasteiger partial charge in [0, 0.05) is 32.6 Å². The minimum absolute atomic E-state index is 0.00888. The SMILES string of the molecule is CCN1CCN(C(=O)CNC(=O)C[C@@H](C)c2ccccc2F)CC1. The van der Waals surface area contributed by atoms with Crippen molar-refractivity contribution in [2.45, 2.75) is 26.2 Å². The predicted octanol–water partition coefficient (Wildman–Crippen LogP) is 1.60. The second-order valence-electron chi connectivity index (χ2n) is 6.22. The van der Waals surface area contributed by atoms with E-state index >= 15 is 0 Å². The Bertz CT molecular complexity index is 571. The summed E-state index contributed by atoms with van der Waals surface area (Å²) in [6.07, 6.45) is 0.165. The lowest BCUT2D eigenvalue weighted by Gasteiger charge is -2.34. The summed E-state index contributed by atoms with van der Waals surface area (Å²) in [7, 11) is 0. The van der Waals surface area contributed by atoms with Gasteiger partial charge in [0.1, 0.15) is 5.82 Å². The highest BCUT2D eigenvalue weighted by Crippen LogP contribution is 2.21. The zero-order valence-corrected chi connectivity index (χ0v) is 14.4. The van der Waals surface area contributed by atoms with Crippen LogP contribution in [0.2, 0.25) is 0 Å². The van der Waals surface area contributed by atoms with Crippen LogP contribution >= 0.6 is 0 Å². The third-order valence-electron chi connectivity index (χ3n) is 4.54. The van der Waals surface area contributed by atoms with Gasteiger partial charge in [-0.15, -0.1) is 0 Å². The van der Waals surface area contributed by atoms with Crippen molar-refractivity contribution in [2.24, 2.45) is 0 Å². The van der Waals surface area contributed by atoms with E-state index in [9.17, 15) is 14.0 Å². The zero-order valence-electron chi connectivity index (χ0n) is 14.4. The van der Waals surface area contributed by atoms with Crippen LogP contribution in [-0.2, 0) is 9.59 Å². The number of nitrogens with one attached hydrogen (secondary N) is 1. The Labute approximate surface area is 142 Å². The van der Waals surface area contributed by atoms with E-state index < -0.39 is 0 Å². The van der Waals surface area contributed by atoms with Crippen molar-refractivity contribution in [2.75, 3.05) is 39.3 Å². The van der Waals surface area contributed by atoms with Crippen molar-refractivity contribution < 1.29 is 14.0 Å². The van der Waals surface area contributed by atoms with Crippen LogP contribution in [0.4, 0.5) is 4.39 Å². The van der Waals surface area contributed by atoms with Crippen LogP contribution in [-0.4, -0.2) is 60.9 Å². The largest absolute Gasteiger partial charge is 0.347 e. The van der Waals surface area contributed by atoms with Gasteiger partial charge in [-0.05, 0) is 24.1 Å². The summed E-state index contributed by atoms with van der Waals surface area (Å²) in [6.45, 7) is 8.07. The molecule has 1 saturated heterocycles. The third kappa shape index (κ3) is 5.03. The Morgan fingerprint density at radius 3 is 2.50 bits per heavy atom. The molecule has 2 amide bonds. The van der Waals surface area contributed by atoms with Gasteiger partial charge in [-0.1, -0.05) is 32.0 Å². The summed E-state index contributed by atoms with van der Waals surface area (Å²) in [6, 6.07) is 6.46. The average molecular weight is 335 g/mol. The lowest BCUT2D eigenvalue weighted by Crippen LogP contribution is -2.51. The number of nitrogens with zero attached hydrogens (tertiary/aromatic N) is 2. The molecule has 5 nitrogen and oxygen atoms in total. The summed E-state index contributed by atoms with van der Waals surface area (Å²) in [5, 5.41) is 2.66. The molecule has 0 radical (unpaired) electrons. The van der Waals surface area contributed by atoms with Crippen LogP contribution in [0, 0.1) is 5.82 Å². The van der Waals surface area contributed by atoms with Crippen molar-refractivity contribution in [3.63, 3.8) is 0 Å². The number of rotatable bonds is 6. The third-order valence-corrected chi connectivity index (χ3v) is 4.54. The molecule has 0 spiro atoms. The molecule has 2 rings (SSSR count). The molecule has 1 atom stereocenters. The molecular weight excluding hydrogens is 309 g/mol. The lowest BCUT2D eigenvalue weighted by atomic mass is 9.97. The zero-order chi connectivity index (χ0) is 17.5. The van der Waals surface area contributed by atoms with Gasteiger partial charge in [-0.2, -0.15) is 0 Å². The fourth-order valence-electron chi connectivity index (χ4n) is 2.93. The molecule has 1 N–H and O–H groups in total. The molecular formula is C18H26FN3O2. The maximum absolute atomic E-state index is 13.7. The van der Waals surface area contributed by atoms with Gasteiger partial charge < -0.3 is 15.1 Å². The molecule has 0 bridgehead atoms. The number of likely N-dealkylation sites (N-methyl/N-ethyl adjacent to an activating group) is 1. The minimum Gasteiger partial charge on any atom is -0.347 e. The lowest BCUT2D eigenvalue weighted by molar-refractivity contribution is -0.134. The van der Waals surface area contributed by atoms with Crippen LogP contribution in [0.25, 0.3) is 0 Å². The monoisotopic (exact) mass is 335 g/mol. The topological polar surface area (TPSA) is 52.6 Å². The first-order valence-corrected chi connectivity index (χ1v) is 8.52. The molecule has 6 heteroatoms. The Morgan fingerprint density at radius 2 is 1.88 bits per heavy atom. The molecule has 1 heterocycles. The summed E-state index contributed by atoms with van der Waals surface area (Å²) in [4.78, 5) is 28.2. The number of benzene rings is 1. The molecule has 1 aromatic rings. The molecule has 1 aliphatic rings. The first-order chi connectivity index (χ1) is 11.5. The van der Waals surface area contributed by atoms with Crippen molar-refractivity contribution in [3.8, 4) is 0 Å². The maximum atomic E-state index is 13.7. The van der Waals surface area contributed by atoms with E-state index in [1.54, 1.807) is 23.1 Å². The normalized spacial score (nSPS) is 16.7. The quantitative estimate of drug-likeness (QED) is 0.859. The Kier molecular flexibility index (Phi) is 6.73. The maximum Gasteiger partial charge on any atom is 0.242 e. The van der Waals surface area contributed by atoms with Crippen molar-refractivity contribution >= 4 is 11.8 Å². The van der Waals surface area contributed by atoms with Crippen molar-refractivity contribution in [1.29, 1.82) is 0 Å². The molecule has 132 valence electrons.